The Morgan fingerprint density at radius 2 is 1.21 bits per heavy atom. The van der Waals surface area contributed by atoms with Gasteiger partial charge in [-0.1, -0.05) is 13.8 Å². The van der Waals surface area contributed by atoms with E-state index < -0.39 is 11.9 Å². The van der Waals surface area contributed by atoms with Crippen molar-refractivity contribution in [3.05, 3.63) is 79.7 Å². The molecule has 43 heavy (non-hydrogen) atoms. The number of H-pyrrole nitrogens is 4. The van der Waals surface area contributed by atoms with Crippen molar-refractivity contribution in [2.45, 2.75) is 92.9 Å². The minimum Gasteiger partial charge on any atom is -0.860 e. The summed E-state index contributed by atoms with van der Waals surface area (Å²) in [4.78, 5) is 33.6. The molecule has 0 aliphatic rings. The second-order valence-electron chi connectivity index (χ2n) is 10.8. The Balaban J connectivity index is 0.000000293. The number of aromatic hydroxyl groups is 1. The number of aliphatic carboxylic acids is 2. The first-order valence-corrected chi connectivity index (χ1v) is 14.4. The van der Waals surface area contributed by atoms with Gasteiger partial charge in [0, 0.05) is 66.0 Å². The monoisotopic (exact) mass is 618 g/mol. The van der Waals surface area contributed by atoms with E-state index >= 15 is 0 Å². The van der Waals surface area contributed by atoms with Crippen LogP contribution in [0.25, 0.3) is 0 Å². The van der Waals surface area contributed by atoms with E-state index in [9.17, 15) is 24.9 Å². The first kappa shape index (κ1) is 36.1. The number of aryl methyl sites for hydroxylation is 2. The van der Waals surface area contributed by atoms with Crippen molar-refractivity contribution in [3.63, 3.8) is 0 Å². The van der Waals surface area contributed by atoms with E-state index in [1.165, 1.54) is 0 Å². The zero-order chi connectivity index (χ0) is 31.1. The summed E-state index contributed by atoms with van der Waals surface area (Å²) in [5.74, 6) is -1.61. The van der Waals surface area contributed by atoms with Gasteiger partial charge in [0.1, 0.15) is 0 Å². The zero-order valence-corrected chi connectivity index (χ0v) is 28.3. The van der Waals surface area contributed by atoms with Crippen LogP contribution >= 0.6 is 0 Å². The van der Waals surface area contributed by atoms with E-state index in [0.717, 1.165) is 80.1 Å². The van der Waals surface area contributed by atoms with Gasteiger partial charge in [0.15, 0.2) is 5.88 Å². The molecule has 0 saturated carbocycles. The molecule has 11 heteroatoms. The number of carboxylic acid groups (broad SMARTS) is 2. The fraction of sp³-hybridized carbons (Fsp3) is 0.438. The molecule has 0 saturated heterocycles. The molecule has 0 unspecified atom stereocenters. The number of nitrogens with one attached hydrogen (secondary N) is 4. The van der Waals surface area contributed by atoms with Gasteiger partial charge in [0.25, 0.3) is 0 Å². The van der Waals surface area contributed by atoms with Crippen molar-refractivity contribution in [1.29, 1.82) is 0 Å². The zero-order valence-electron chi connectivity index (χ0n) is 26.0. The number of aromatic nitrogens is 4. The van der Waals surface area contributed by atoms with Crippen LogP contribution in [-0.4, -0.2) is 79.8 Å². The molecular formula is C32H42CaN4O6. The van der Waals surface area contributed by atoms with E-state index in [1.807, 2.05) is 47.0 Å². The van der Waals surface area contributed by atoms with Crippen molar-refractivity contribution in [3.8, 4) is 11.8 Å². The van der Waals surface area contributed by atoms with Crippen molar-refractivity contribution in [2.75, 3.05) is 0 Å². The number of hydrogen-bond donors (Lipinski definition) is 6. The summed E-state index contributed by atoms with van der Waals surface area (Å²) in [6.07, 6.45) is 7.87. The van der Waals surface area contributed by atoms with Gasteiger partial charge in [-0.25, -0.2) is 0 Å². The fourth-order valence-corrected chi connectivity index (χ4v) is 5.50. The molecular weight excluding hydrogens is 576 g/mol. The van der Waals surface area contributed by atoms with Crippen LogP contribution in [0.1, 0.15) is 94.0 Å². The third-order valence-electron chi connectivity index (χ3n) is 8.19. The molecule has 4 rings (SSSR count). The van der Waals surface area contributed by atoms with E-state index in [0.29, 0.717) is 25.7 Å². The average Bonchev–Trinajstić information content (AvgIpc) is 3.63. The summed E-state index contributed by atoms with van der Waals surface area (Å²) in [5.41, 5.74) is 12.1. The number of carbonyl (C=O) groups is 2. The number of carbonyl (C=O) groups excluding carboxylic acids is 1. The summed E-state index contributed by atoms with van der Waals surface area (Å²) in [6.45, 7) is 11.8. The summed E-state index contributed by atoms with van der Waals surface area (Å²) < 4.78 is 0. The number of aromatic amines is 4. The number of carboxylic acids is 2. The molecule has 0 amide bonds. The minimum atomic E-state index is -1.04. The standard InChI is InChI=1S/2C16H22N2O3.Ca/c2*1-4-12-10(3)16(21)18-14(12)7-13-9(2)11(8-17-13)5-6-15(19)20;/h2*8,17-18,21H,4-7H2,1-3H3,(H,19,20);/q;;+2/p-2. The first-order chi connectivity index (χ1) is 19.9. The molecule has 0 aliphatic heterocycles. The Labute approximate surface area is 282 Å². The van der Waals surface area contributed by atoms with Crippen molar-refractivity contribution in [2.24, 2.45) is 0 Å². The molecule has 0 fully saturated rings. The van der Waals surface area contributed by atoms with Gasteiger partial charge in [-0.3, -0.25) is 4.79 Å². The summed E-state index contributed by atoms with van der Waals surface area (Å²) in [7, 11) is 0. The molecule has 6 N–H and O–H groups in total. The summed E-state index contributed by atoms with van der Waals surface area (Å²) in [5, 5.41) is 40.9. The molecule has 0 radical (unpaired) electrons. The molecule has 228 valence electrons. The van der Waals surface area contributed by atoms with Crippen LogP contribution < -0.4 is 10.2 Å². The van der Waals surface area contributed by atoms with Gasteiger partial charge in [-0.2, -0.15) is 0 Å². The Hall–Kier alpha value is -3.08. The van der Waals surface area contributed by atoms with Gasteiger partial charge in [-0.15, -0.1) is 0 Å². The summed E-state index contributed by atoms with van der Waals surface area (Å²) >= 11 is 0. The molecule has 10 nitrogen and oxygen atoms in total. The first-order valence-electron chi connectivity index (χ1n) is 14.4. The molecule has 0 aromatic carbocycles. The molecule has 0 aliphatic carbocycles. The fourth-order valence-electron chi connectivity index (χ4n) is 5.50. The molecule has 0 bridgehead atoms. The second kappa shape index (κ2) is 16.1. The van der Waals surface area contributed by atoms with Crippen LogP contribution in [-0.2, 0) is 48.1 Å². The quantitative estimate of drug-likeness (QED) is 0.132. The maximum absolute atomic E-state index is 11.7. The van der Waals surface area contributed by atoms with E-state index in [1.54, 1.807) is 0 Å². The number of rotatable bonds is 12. The maximum atomic E-state index is 11.7. The van der Waals surface area contributed by atoms with Gasteiger partial charge >= 0.3 is 43.7 Å². The largest absolute Gasteiger partial charge is 2.00 e. The SMILES string of the molecule is CCc1c(Cc2[nH]cc(CCC(=O)O)c2C)[nH]c(O)c1C.CCc1c(Cc2[nH]cc(CCC(=O)[O-])c2C)[nH]c([O-])c1C.[Ca+2]. The predicted octanol–water partition coefficient (Wildman–Crippen LogP) is 3.32. The van der Waals surface area contributed by atoms with Crippen molar-refractivity contribution >= 4 is 49.7 Å². The van der Waals surface area contributed by atoms with Crippen molar-refractivity contribution < 1.29 is 30.0 Å². The second-order valence-corrected chi connectivity index (χ2v) is 10.8. The van der Waals surface area contributed by atoms with E-state index in [2.05, 4.69) is 26.9 Å². The minimum absolute atomic E-state index is 0. The van der Waals surface area contributed by atoms with Gasteiger partial charge < -0.3 is 45.2 Å². The van der Waals surface area contributed by atoms with Gasteiger partial charge in [0.2, 0.25) is 0 Å². The average molecular weight is 619 g/mol. The molecule has 4 aromatic rings. The van der Waals surface area contributed by atoms with Crippen LogP contribution in [0.15, 0.2) is 12.4 Å². The van der Waals surface area contributed by atoms with E-state index in [-0.39, 0.29) is 62.3 Å². The van der Waals surface area contributed by atoms with Gasteiger partial charge in [-0.05, 0) is 105 Å². The normalized spacial score (nSPS) is 10.7. The third kappa shape index (κ3) is 8.97. The van der Waals surface area contributed by atoms with Crippen LogP contribution in [0.3, 0.4) is 0 Å². The third-order valence-corrected chi connectivity index (χ3v) is 8.19. The number of hydrogen-bond acceptors (Lipinski definition) is 5. The Bertz CT molecular complexity index is 1430. The molecule has 0 spiro atoms. The van der Waals surface area contributed by atoms with Crippen molar-refractivity contribution in [1.82, 2.24) is 19.9 Å². The predicted molar refractivity (Wildman–Crippen MR) is 163 cm³/mol. The molecule has 0 atom stereocenters. The topological polar surface area (TPSA) is 184 Å². The molecule has 4 aromatic heterocycles. The Morgan fingerprint density at radius 3 is 1.67 bits per heavy atom. The Kier molecular flexibility index (Phi) is 13.5. The van der Waals surface area contributed by atoms with E-state index in [4.69, 9.17) is 5.11 Å². The van der Waals surface area contributed by atoms with Crippen LogP contribution in [0.2, 0.25) is 0 Å². The van der Waals surface area contributed by atoms with Crippen LogP contribution in [0, 0.1) is 27.7 Å². The van der Waals surface area contributed by atoms with Gasteiger partial charge in [0.05, 0.1) is 0 Å². The molecule has 4 heterocycles. The van der Waals surface area contributed by atoms with Crippen LogP contribution in [0.5, 0.6) is 11.8 Å². The Morgan fingerprint density at radius 1 is 0.744 bits per heavy atom. The summed E-state index contributed by atoms with van der Waals surface area (Å²) in [6, 6.07) is 0. The smallest absolute Gasteiger partial charge is 0.860 e. The van der Waals surface area contributed by atoms with Crippen LogP contribution in [0.4, 0.5) is 0 Å². The maximum Gasteiger partial charge on any atom is 2.00 e.